The first kappa shape index (κ1) is 15.1. The molecule has 0 bridgehead atoms. The Kier molecular flexibility index (Phi) is 4.89. The molecule has 0 aliphatic heterocycles. The van der Waals surface area contributed by atoms with E-state index >= 15 is 0 Å². The summed E-state index contributed by atoms with van der Waals surface area (Å²) in [5, 5.41) is 13.4. The number of rotatable bonds is 6. The van der Waals surface area contributed by atoms with E-state index < -0.39 is 16.1 Å². The van der Waals surface area contributed by atoms with E-state index in [9.17, 15) is 13.5 Å². The van der Waals surface area contributed by atoms with Gasteiger partial charge in [0.25, 0.3) is 0 Å². The van der Waals surface area contributed by atoms with E-state index in [1.165, 1.54) is 0 Å². The molecule has 6 nitrogen and oxygen atoms in total. The summed E-state index contributed by atoms with van der Waals surface area (Å²) in [6, 6.07) is 0. The molecular formula is C11H20N2O4S. The highest BCUT2D eigenvalue weighted by Gasteiger charge is 2.25. The number of nitrogens with zero attached hydrogens (tertiary/aromatic N) is 1. The molecule has 0 aliphatic rings. The first-order valence-corrected chi connectivity index (χ1v) is 7.38. The predicted molar refractivity (Wildman–Crippen MR) is 66.6 cm³/mol. The fraction of sp³-hybridized carbons (Fsp3) is 0.727. The number of hydrogen-bond donors (Lipinski definition) is 2. The summed E-state index contributed by atoms with van der Waals surface area (Å²) in [4.78, 5) is 0.0545. The van der Waals surface area contributed by atoms with Gasteiger partial charge in [0.1, 0.15) is 10.6 Å². The highest BCUT2D eigenvalue weighted by Crippen LogP contribution is 2.18. The van der Waals surface area contributed by atoms with Crippen molar-refractivity contribution in [2.24, 2.45) is 5.92 Å². The van der Waals surface area contributed by atoms with E-state index in [-0.39, 0.29) is 23.1 Å². The molecule has 1 aromatic rings. The van der Waals surface area contributed by atoms with Gasteiger partial charge < -0.3 is 9.63 Å². The number of hydrogen-bond acceptors (Lipinski definition) is 5. The second-order valence-electron chi connectivity index (χ2n) is 4.46. The van der Waals surface area contributed by atoms with Gasteiger partial charge in [-0.25, -0.2) is 13.1 Å². The van der Waals surface area contributed by atoms with Crippen LogP contribution in [-0.2, 0) is 10.0 Å². The molecule has 1 aromatic heterocycles. The molecule has 2 unspecified atom stereocenters. The average molecular weight is 276 g/mol. The molecule has 0 aromatic carbocycles. The Morgan fingerprint density at radius 3 is 2.50 bits per heavy atom. The van der Waals surface area contributed by atoms with Crippen LogP contribution in [0, 0.1) is 19.8 Å². The lowest BCUT2D eigenvalue weighted by Crippen LogP contribution is -2.35. The summed E-state index contributed by atoms with van der Waals surface area (Å²) < 4.78 is 31.3. The summed E-state index contributed by atoms with van der Waals surface area (Å²) in [6.45, 7) is 6.91. The molecule has 0 saturated heterocycles. The molecule has 2 atom stereocenters. The zero-order valence-electron chi connectivity index (χ0n) is 11.1. The van der Waals surface area contributed by atoms with Crippen LogP contribution < -0.4 is 4.72 Å². The molecule has 0 fully saturated rings. The largest absolute Gasteiger partial charge is 0.391 e. The number of aliphatic hydroxyl groups excluding tert-OH is 1. The van der Waals surface area contributed by atoms with Gasteiger partial charge in [0.2, 0.25) is 10.0 Å². The minimum Gasteiger partial charge on any atom is -0.391 e. The lowest BCUT2D eigenvalue weighted by molar-refractivity contribution is 0.118. The van der Waals surface area contributed by atoms with Gasteiger partial charge >= 0.3 is 0 Å². The van der Waals surface area contributed by atoms with E-state index in [0.29, 0.717) is 5.69 Å². The van der Waals surface area contributed by atoms with Crippen LogP contribution in [0.2, 0.25) is 0 Å². The van der Waals surface area contributed by atoms with E-state index in [0.717, 1.165) is 6.42 Å². The molecule has 1 heterocycles. The number of nitrogens with one attached hydrogen (secondary N) is 1. The maximum absolute atomic E-state index is 12.0. The second-order valence-corrected chi connectivity index (χ2v) is 6.16. The number of aliphatic hydroxyl groups is 1. The molecule has 0 amide bonds. The summed E-state index contributed by atoms with van der Waals surface area (Å²) >= 11 is 0. The molecule has 0 radical (unpaired) electrons. The third kappa shape index (κ3) is 3.30. The van der Waals surface area contributed by atoms with Crippen LogP contribution in [0.4, 0.5) is 0 Å². The van der Waals surface area contributed by atoms with Crippen molar-refractivity contribution < 1.29 is 18.0 Å². The minimum absolute atomic E-state index is 0.0125. The van der Waals surface area contributed by atoms with Crippen molar-refractivity contribution in [1.82, 2.24) is 9.88 Å². The Hall–Kier alpha value is -0.920. The fourth-order valence-corrected chi connectivity index (χ4v) is 2.98. The summed E-state index contributed by atoms with van der Waals surface area (Å²) in [7, 11) is -3.68. The molecule has 2 N–H and O–H groups in total. The lowest BCUT2D eigenvalue weighted by Gasteiger charge is -2.17. The Morgan fingerprint density at radius 2 is 2.06 bits per heavy atom. The van der Waals surface area contributed by atoms with Gasteiger partial charge in [-0.3, -0.25) is 0 Å². The number of aryl methyl sites for hydroxylation is 2. The van der Waals surface area contributed by atoms with Crippen molar-refractivity contribution in [2.75, 3.05) is 6.54 Å². The van der Waals surface area contributed by atoms with E-state index in [2.05, 4.69) is 9.88 Å². The molecule has 0 aliphatic carbocycles. The van der Waals surface area contributed by atoms with Gasteiger partial charge in [0.05, 0.1) is 6.10 Å². The van der Waals surface area contributed by atoms with E-state index in [1.807, 2.05) is 13.8 Å². The predicted octanol–water partition coefficient (Wildman–Crippen LogP) is 0.977. The molecule has 0 spiro atoms. The topological polar surface area (TPSA) is 92.4 Å². The van der Waals surface area contributed by atoms with Crippen LogP contribution in [0.3, 0.4) is 0 Å². The zero-order valence-corrected chi connectivity index (χ0v) is 11.9. The maximum Gasteiger partial charge on any atom is 0.246 e. The van der Waals surface area contributed by atoms with Crippen LogP contribution in [0.1, 0.15) is 31.7 Å². The molecular weight excluding hydrogens is 256 g/mol. The van der Waals surface area contributed by atoms with Gasteiger partial charge in [-0.15, -0.1) is 0 Å². The number of sulfonamides is 1. The van der Waals surface area contributed by atoms with Gasteiger partial charge in [0.15, 0.2) is 5.76 Å². The Morgan fingerprint density at radius 1 is 1.44 bits per heavy atom. The molecule has 104 valence electrons. The van der Waals surface area contributed by atoms with Crippen molar-refractivity contribution >= 4 is 10.0 Å². The molecule has 1 rings (SSSR count). The van der Waals surface area contributed by atoms with Crippen LogP contribution in [0.5, 0.6) is 0 Å². The van der Waals surface area contributed by atoms with Gasteiger partial charge in [-0.2, -0.15) is 0 Å². The minimum atomic E-state index is -3.68. The van der Waals surface area contributed by atoms with Gasteiger partial charge in [-0.1, -0.05) is 25.4 Å². The van der Waals surface area contributed by atoms with Crippen molar-refractivity contribution in [2.45, 2.75) is 45.1 Å². The van der Waals surface area contributed by atoms with Crippen LogP contribution in [0.25, 0.3) is 0 Å². The highest BCUT2D eigenvalue weighted by molar-refractivity contribution is 7.89. The summed E-state index contributed by atoms with van der Waals surface area (Å²) in [5.74, 6) is 0.287. The SMILES string of the molecule is CCC(C)C(O)CNS(=O)(=O)c1c(C)noc1C. The van der Waals surface area contributed by atoms with Gasteiger partial charge in [0, 0.05) is 6.54 Å². The highest BCUT2D eigenvalue weighted by atomic mass is 32.2. The van der Waals surface area contributed by atoms with Crippen LogP contribution in [0.15, 0.2) is 9.42 Å². The fourth-order valence-electron chi connectivity index (χ4n) is 1.60. The number of aromatic nitrogens is 1. The molecule has 0 saturated carbocycles. The van der Waals surface area contributed by atoms with Crippen molar-refractivity contribution in [3.63, 3.8) is 0 Å². The van der Waals surface area contributed by atoms with Crippen molar-refractivity contribution in [1.29, 1.82) is 0 Å². The lowest BCUT2D eigenvalue weighted by atomic mass is 10.0. The smallest absolute Gasteiger partial charge is 0.246 e. The van der Waals surface area contributed by atoms with E-state index in [1.54, 1.807) is 13.8 Å². The normalized spacial score (nSPS) is 15.6. The van der Waals surface area contributed by atoms with Crippen molar-refractivity contribution in [3.05, 3.63) is 11.5 Å². The Bertz CT molecular complexity index is 476. The average Bonchev–Trinajstić information content (AvgIpc) is 2.65. The molecule has 7 heteroatoms. The Labute approximate surface area is 107 Å². The third-order valence-electron chi connectivity index (χ3n) is 3.02. The standard InChI is InChI=1S/C11H20N2O4S/c1-5-7(2)10(14)6-12-18(15,16)11-8(3)13-17-9(11)4/h7,10,12,14H,5-6H2,1-4H3. The molecule has 18 heavy (non-hydrogen) atoms. The van der Waals surface area contributed by atoms with Crippen molar-refractivity contribution in [3.8, 4) is 0 Å². The first-order chi connectivity index (χ1) is 8.29. The van der Waals surface area contributed by atoms with Crippen LogP contribution >= 0.6 is 0 Å². The Balaban J connectivity index is 2.78. The second kappa shape index (κ2) is 5.81. The van der Waals surface area contributed by atoms with Gasteiger partial charge in [-0.05, 0) is 19.8 Å². The first-order valence-electron chi connectivity index (χ1n) is 5.90. The monoisotopic (exact) mass is 276 g/mol. The van der Waals surface area contributed by atoms with E-state index in [4.69, 9.17) is 4.52 Å². The zero-order chi connectivity index (χ0) is 13.9. The van der Waals surface area contributed by atoms with Crippen LogP contribution in [-0.4, -0.2) is 31.3 Å². The maximum atomic E-state index is 12.0. The summed E-state index contributed by atoms with van der Waals surface area (Å²) in [5.41, 5.74) is 0.318. The quantitative estimate of drug-likeness (QED) is 0.808. The third-order valence-corrected chi connectivity index (χ3v) is 4.69. The summed E-state index contributed by atoms with van der Waals surface area (Å²) in [6.07, 6.45) is 0.0825.